The third-order valence-corrected chi connectivity index (χ3v) is 6.63. The molecule has 5 rings (SSSR count). The van der Waals surface area contributed by atoms with Gasteiger partial charge in [0.25, 0.3) is 5.91 Å². The second kappa shape index (κ2) is 11.8. The zero-order chi connectivity index (χ0) is 24.7. The molecule has 3 aromatic rings. The fraction of sp³-hybridized carbons (Fsp3) is 0.345. The largest absolute Gasteiger partial charge is 0.392 e. The van der Waals surface area contributed by atoms with Crippen LogP contribution in [0.1, 0.15) is 45.9 Å². The highest BCUT2D eigenvalue weighted by molar-refractivity contribution is 6.04. The Bertz CT molecular complexity index is 1130. The number of benzene rings is 3. The SMILES string of the molecule is O=C(Nc1cccc([C@@H]2O[C@H](CN3CCOCC3)C[C@H](c3ccc(CO)cc3)O2)c1)c1ccccc1. The van der Waals surface area contributed by atoms with Crippen molar-refractivity contribution in [3.8, 4) is 0 Å². The van der Waals surface area contributed by atoms with E-state index < -0.39 is 6.29 Å². The fourth-order valence-electron chi connectivity index (χ4n) is 4.66. The molecule has 0 aromatic heterocycles. The predicted octanol–water partition coefficient (Wildman–Crippen LogP) is 4.31. The predicted molar refractivity (Wildman–Crippen MR) is 137 cm³/mol. The first-order valence-electron chi connectivity index (χ1n) is 12.4. The number of nitrogens with one attached hydrogen (secondary N) is 1. The van der Waals surface area contributed by atoms with E-state index in [1.165, 1.54) is 0 Å². The van der Waals surface area contributed by atoms with E-state index in [1.807, 2.05) is 66.7 Å². The Labute approximate surface area is 211 Å². The van der Waals surface area contributed by atoms with E-state index in [0.29, 0.717) is 11.3 Å². The highest BCUT2D eigenvalue weighted by Gasteiger charge is 2.33. The Morgan fingerprint density at radius 1 is 0.917 bits per heavy atom. The molecule has 2 aliphatic heterocycles. The maximum Gasteiger partial charge on any atom is 0.255 e. The second-order valence-corrected chi connectivity index (χ2v) is 9.21. The molecule has 2 saturated heterocycles. The average molecular weight is 489 g/mol. The molecule has 2 aliphatic rings. The molecule has 188 valence electrons. The van der Waals surface area contributed by atoms with Crippen molar-refractivity contribution in [1.82, 2.24) is 4.90 Å². The summed E-state index contributed by atoms with van der Waals surface area (Å²) in [7, 11) is 0. The number of carbonyl (C=O) groups is 1. The van der Waals surface area contributed by atoms with Crippen molar-refractivity contribution in [2.45, 2.75) is 31.5 Å². The van der Waals surface area contributed by atoms with Gasteiger partial charge in [-0.1, -0.05) is 54.6 Å². The summed E-state index contributed by atoms with van der Waals surface area (Å²) < 4.78 is 18.4. The molecule has 1 amide bonds. The van der Waals surface area contributed by atoms with Gasteiger partial charge in [-0.25, -0.2) is 0 Å². The Balaban J connectivity index is 1.35. The molecule has 0 bridgehead atoms. The topological polar surface area (TPSA) is 80.3 Å². The first-order chi connectivity index (χ1) is 17.7. The summed E-state index contributed by atoms with van der Waals surface area (Å²) in [5.74, 6) is -0.162. The van der Waals surface area contributed by atoms with E-state index in [2.05, 4.69) is 10.2 Å². The normalized spacial score (nSPS) is 22.8. The van der Waals surface area contributed by atoms with Crippen LogP contribution in [0.15, 0.2) is 78.9 Å². The van der Waals surface area contributed by atoms with Crippen LogP contribution < -0.4 is 5.32 Å². The number of anilines is 1. The van der Waals surface area contributed by atoms with Gasteiger partial charge in [0.15, 0.2) is 6.29 Å². The van der Waals surface area contributed by atoms with Crippen LogP contribution in [0, 0.1) is 0 Å². The Morgan fingerprint density at radius 3 is 2.44 bits per heavy atom. The van der Waals surface area contributed by atoms with E-state index in [0.717, 1.165) is 56.0 Å². The molecule has 7 nitrogen and oxygen atoms in total. The number of carbonyl (C=O) groups excluding carboxylic acids is 1. The van der Waals surface area contributed by atoms with Gasteiger partial charge < -0.3 is 24.6 Å². The summed E-state index contributed by atoms with van der Waals surface area (Å²) in [5, 5.41) is 12.4. The van der Waals surface area contributed by atoms with Crippen LogP contribution >= 0.6 is 0 Å². The van der Waals surface area contributed by atoms with Gasteiger partial charge in [0.1, 0.15) is 0 Å². The minimum absolute atomic E-state index is 0.0126. The summed E-state index contributed by atoms with van der Waals surface area (Å²) >= 11 is 0. The summed E-state index contributed by atoms with van der Waals surface area (Å²) in [6, 6.07) is 24.7. The smallest absolute Gasteiger partial charge is 0.255 e. The zero-order valence-electron chi connectivity index (χ0n) is 20.2. The molecule has 3 atom stereocenters. The quantitative estimate of drug-likeness (QED) is 0.516. The fourth-order valence-corrected chi connectivity index (χ4v) is 4.66. The van der Waals surface area contributed by atoms with Gasteiger partial charge in [0.05, 0.1) is 32.0 Å². The molecular formula is C29H32N2O5. The van der Waals surface area contributed by atoms with Gasteiger partial charge in [0, 0.05) is 42.9 Å². The summed E-state index contributed by atoms with van der Waals surface area (Å²) in [4.78, 5) is 15.0. The molecule has 2 heterocycles. The lowest BCUT2D eigenvalue weighted by Crippen LogP contribution is -2.44. The van der Waals surface area contributed by atoms with Gasteiger partial charge in [-0.2, -0.15) is 0 Å². The molecule has 36 heavy (non-hydrogen) atoms. The molecule has 7 heteroatoms. The first kappa shape index (κ1) is 24.6. The molecule has 0 spiro atoms. The van der Waals surface area contributed by atoms with Crippen molar-refractivity contribution in [3.05, 3.63) is 101 Å². The van der Waals surface area contributed by atoms with Gasteiger partial charge in [0.2, 0.25) is 0 Å². The summed E-state index contributed by atoms with van der Waals surface area (Å²) in [5.41, 5.74) is 4.07. The van der Waals surface area contributed by atoms with Crippen molar-refractivity contribution in [1.29, 1.82) is 0 Å². The van der Waals surface area contributed by atoms with Crippen LogP contribution in [-0.4, -0.2) is 54.9 Å². The van der Waals surface area contributed by atoms with Crippen molar-refractivity contribution >= 4 is 11.6 Å². The molecule has 3 aromatic carbocycles. The lowest BCUT2D eigenvalue weighted by molar-refractivity contribution is -0.253. The molecule has 0 aliphatic carbocycles. The second-order valence-electron chi connectivity index (χ2n) is 9.21. The van der Waals surface area contributed by atoms with Crippen LogP contribution in [-0.2, 0) is 20.8 Å². The van der Waals surface area contributed by atoms with E-state index in [4.69, 9.17) is 14.2 Å². The van der Waals surface area contributed by atoms with Gasteiger partial charge in [-0.3, -0.25) is 9.69 Å². The van der Waals surface area contributed by atoms with Crippen molar-refractivity contribution in [3.63, 3.8) is 0 Å². The highest BCUT2D eigenvalue weighted by Crippen LogP contribution is 2.38. The third kappa shape index (κ3) is 6.19. The minimum Gasteiger partial charge on any atom is -0.392 e. The summed E-state index contributed by atoms with van der Waals surface area (Å²) in [6.45, 7) is 4.08. The number of rotatable bonds is 7. The van der Waals surface area contributed by atoms with Crippen molar-refractivity contribution in [2.24, 2.45) is 0 Å². The third-order valence-electron chi connectivity index (χ3n) is 6.63. The van der Waals surface area contributed by atoms with Crippen LogP contribution in [0.5, 0.6) is 0 Å². The standard InChI is InChI=1S/C29H32N2O5/c32-20-21-9-11-22(12-10-21)27-18-26(19-31-13-15-34-16-14-31)35-29(36-27)24-7-4-8-25(17-24)30-28(33)23-5-2-1-3-6-23/h1-12,17,26-27,29,32H,13-16,18-20H2,(H,30,33)/t26-,27+,29+/m0/s1. The maximum absolute atomic E-state index is 12.7. The van der Waals surface area contributed by atoms with Gasteiger partial charge >= 0.3 is 0 Å². The number of hydrogen-bond acceptors (Lipinski definition) is 6. The molecule has 2 N–H and O–H groups in total. The maximum atomic E-state index is 12.7. The average Bonchev–Trinajstić information content (AvgIpc) is 2.94. The van der Waals surface area contributed by atoms with Crippen molar-refractivity contribution in [2.75, 3.05) is 38.2 Å². The molecule has 2 fully saturated rings. The lowest BCUT2D eigenvalue weighted by Gasteiger charge is -2.39. The van der Waals surface area contributed by atoms with Crippen LogP contribution in [0.2, 0.25) is 0 Å². The first-order valence-corrected chi connectivity index (χ1v) is 12.4. The molecular weight excluding hydrogens is 456 g/mol. The van der Waals surface area contributed by atoms with Gasteiger partial charge in [-0.05, 0) is 35.4 Å². The monoisotopic (exact) mass is 488 g/mol. The van der Waals surface area contributed by atoms with Crippen LogP contribution in [0.3, 0.4) is 0 Å². The van der Waals surface area contributed by atoms with Crippen LogP contribution in [0.4, 0.5) is 5.69 Å². The highest BCUT2D eigenvalue weighted by atomic mass is 16.7. The van der Waals surface area contributed by atoms with E-state index in [1.54, 1.807) is 12.1 Å². The minimum atomic E-state index is -0.569. The van der Waals surface area contributed by atoms with Crippen molar-refractivity contribution < 1.29 is 24.1 Å². The Hall–Kier alpha value is -3.07. The number of ether oxygens (including phenoxy) is 3. The zero-order valence-corrected chi connectivity index (χ0v) is 20.2. The molecule has 0 radical (unpaired) electrons. The van der Waals surface area contributed by atoms with E-state index >= 15 is 0 Å². The number of aliphatic hydroxyl groups is 1. The van der Waals surface area contributed by atoms with E-state index in [9.17, 15) is 9.90 Å². The number of amides is 1. The summed E-state index contributed by atoms with van der Waals surface area (Å²) in [6.07, 6.45) is -0.00514. The number of morpholine rings is 1. The molecule has 0 unspecified atom stereocenters. The lowest BCUT2D eigenvalue weighted by atomic mass is 9.99. The van der Waals surface area contributed by atoms with E-state index in [-0.39, 0.29) is 24.7 Å². The van der Waals surface area contributed by atoms with Crippen LogP contribution in [0.25, 0.3) is 0 Å². The number of aliphatic hydroxyl groups excluding tert-OH is 1. The Morgan fingerprint density at radius 2 is 1.69 bits per heavy atom. The molecule has 0 saturated carbocycles. The van der Waals surface area contributed by atoms with Gasteiger partial charge in [-0.15, -0.1) is 0 Å². The Kier molecular flexibility index (Phi) is 8.05. The number of nitrogens with zero attached hydrogens (tertiary/aromatic N) is 1. The number of hydrogen-bond donors (Lipinski definition) is 2.